The molecular weight excluding hydrogens is 452 g/mol. The highest BCUT2D eigenvalue weighted by atomic mass is 16.6. The van der Waals surface area contributed by atoms with Gasteiger partial charge in [-0.1, -0.05) is 30.3 Å². The Morgan fingerprint density at radius 3 is 2.31 bits per heavy atom. The molecule has 10 nitrogen and oxygen atoms in total. The first-order valence-corrected chi connectivity index (χ1v) is 10.7. The van der Waals surface area contributed by atoms with Crippen LogP contribution in [0.2, 0.25) is 0 Å². The van der Waals surface area contributed by atoms with Crippen molar-refractivity contribution in [2.24, 2.45) is 0 Å². The molecule has 1 atom stereocenters. The number of anilines is 1. The predicted octanol–water partition coefficient (Wildman–Crippen LogP) is 3.58. The molecule has 3 aromatic rings. The lowest BCUT2D eigenvalue weighted by molar-refractivity contribution is -0.384. The van der Waals surface area contributed by atoms with Gasteiger partial charge in [0.05, 0.1) is 4.92 Å². The van der Waals surface area contributed by atoms with Crippen molar-refractivity contribution in [1.29, 1.82) is 0 Å². The molecule has 10 heteroatoms. The molecule has 0 bridgehead atoms. The number of benzene rings is 3. The fraction of sp³-hybridized carbons (Fsp3) is 0.160. The minimum atomic E-state index is -1.44. The van der Waals surface area contributed by atoms with Gasteiger partial charge in [0.1, 0.15) is 24.4 Å². The van der Waals surface area contributed by atoms with E-state index >= 15 is 0 Å². The Morgan fingerprint density at radius 2 is 1.69 bits per heavy atom. The zero-order valence-corrected chi connectivity index (χ0v) is 18.8. The summed E-state index contributed by atoms with van der Waals surface area (Å²) in [6.07, 6.45) is 0. The van der Waals surface area contributed by atoms with Gasteiger partial charge in [0.15, 0.2) is 0 Å². The Kier molecular flexibility index (Phi) is 6.45. The highest BCUT2D eigenvalue weighted by Crippen LogP contribution is 2.30. The van der Waals surface area contributed by atoms with Gasteiger partial charge in [0, 0.05) is 17.8 Å². The number of hydrogen-bond acceptors (Lipinski definition) is 6. The van der Waals surface area contributed by atoms with Crippen LogP contribution < -0.4 is 15.4 Å². The first-order valence-electron chi connectivity index (χ1n) is 10.7. The van der Waals surface area contributed by atoms with Gasteiger partial charge in [0.25, 0.3) is 11.6 Å². The van der Waals surface area contributed by atoms with Gasteiger partial charge in [-0.25, -0.2) is 4.79 Å². The second-order valence-corrected chi connectivity index (χ2v) is 8.10. The van der Waals surface area contributed by atoms with Gasteiger partial charge >= 0.3 is 6.03 Å². The van der Waals surface area contributed by atoms with Gasteiger partial charge in [-0.2, -0.15) is 0 Å². The van der Waals surface area contributed by atoms with Crippen LogP contribution in [0.5, 0.6) is 5.75 Å². The van der Waals surface area contributed by atoms with E-state index in [4.69, 9.17) is 4.74 Å². The van der Waals surface area contributed by atoms with E-state index in [1.807, 2.05) is 30.3 Å². The molecular formula is C25H22N4O6. The first-order chi connectivity index (χ1) is 16.8. The van der Waals surface area contributed by atoms with Gasteiger partial charge in [-0.15, -0.1) is 0 Å². The lowest BCUT2D eigenvalue weighted by atomic mass is 9.92. The summed E-state index contributed by atoms with van der Waals surface area (Å²) in [5.74, 6) is -0.560. The number of amides is 4. The van der Waals surface area contributed by atoms with E-state index in [1.165, 1.54) is 31.2 Å². The van der Waals surface area contributed by atoms with Crippen LogP contribution in [0.4, 0.5) is 16.2 Å². The standard InChI is InChI=1S/C25H22N4O6/c1-25(18-7-11-20(12-8-18)29(33)34)23(31)28(24(32)27-25)15-22(30)26-19-9-13-21(14-10-19)35-16-17-5-3-2-4-6-17/h2-14H,15-16H2,1H3,(H,26,30)(H,27,32)/t25-/m1/s1. The zero-order valence-electron chi connectivity index (χ0n) is 18.8. The third-order valence-electron chi connectivity index (χ3n) is 5.62. The van der Waals surface area contributed by atoms with E-state index in [9.17, 15) is 24.5 Å². The summed E-state index contributed by atoms with van der Waals surface area (Å²) in [4.78, 5) is 49.1. The van der Waals surface area contributed by atoms with Crippen molar-refractivity contribution in [3.63, 3.8) is 0 Å². The average molecular weight is 474 g/mol. The van der Waals surface area contributed by atoms with E-state index in [0.717, 1.165) is 10.5 Å². The van der Waals surface area contributed by atoms with Crippen molar-refractivity contribution in [1.82, 2.24) is 10.2 Å². The molecule has 0 radical (unpaired) electrons. The molecule has 1 heterocycles. The van der Waals surface area contributed by atoms with E-state index in [1.54, 1.807) is 24.3 Å². The molecule has 0 spiro atoms. The molecule has 3 aromatic carbocycles. The molecule has 0 aromatic heterocycles. The first kappa shape index (κ1) is 23.4. The Morgan fingerprint density at radius 1 is 1.03 bits per heavy atom. The van der Waals surface area contributed by atoms with E-state index in [0.29, 0.717) is 23.6 Å². The maximum Gasteiger partial charge on any atom is 0.325 e. The molecule has 0 aliphatic carbocycles. The summed E-state index contributed by atoms with van der Waals surface area (Å²) in [6.45, 7) is 1.41. The number of nitro benzene ring substituents is 1. The topological polar surface area (TPSA) is 131 Å². The van der Waals surface area contributed by atoms with Gasteiger partial charge in [-0.3, -0.25) is 24.6 Å². The zero-order chi connectivity index (χ0) is 25.0. The quantitative estimate of drug-likeness (QED) is 0.291. The predicted molar refractivity (Wildman–Crippen MR) is 127 cm³/mol. The normalized spacial score (nSPS) is 17.1. The molecule has 0 unspecified atom stereocenters. The highest BCUT2D eigenvalue weighted by molar-refractivity contribution is 6.10. The average Bonchev–Trinajstić information content (AvgIpc) is 3.08. The van der Waals surface area contributed by atoms with Crippen molar-refractivity contribution in [3.05, 3.63) is 100 Å². The van der Waals surface area contributed by atoms with Crippen molar-refractivity contribution in [3.8, 4) is 5.75 Å². The molecule has 1 aliphatic rings. The Balaban J connectivity index is 1.35. The number of carbonyl (C=O) groups excluding carboxylic acids is 3. The number of urea groups is 1. The van der Waals surface area contributed by atoms with Crippen LogP contribution >= 0.6 is 0 Å². The lowest BCUT2D eigenvalue weighted by Gasteiger charge is -2.22. The van der Waals surface area contributed by atoms with E-state index in [2.05, 4.69) is 10.6 Å². The number of imide groups is 1. The molecule has 178 valence electrons. The molecule has 1 fully saturated rings. The van der Waals surface area contributed by atoms with Crippen LogP contribution in [-0.4, -0.2) is 34.2 Å². The molecule has 1 saturated heterocycles. The molecule has 4 rings (SSSR count). The molecule has 35 heavy (non-hydrogen) atoms. The summed E-state index contributed by atoms with van der Waals surface area (Å²) in [5.41, 5.74) is 0.299. The SMILES string of the molecule is C[C@]1(c2ccc([N+](=O)[O-])cc2)NC(=O)N(CC(=O)Nc2ccc(OCc3ccccc3)cc2)C1=O. The van der Waals surface area contributed by atoms with Crippen LogP contribution in [0.25, 0.3) is 0 Å². The van der Waals surface area contributed by atoms with Crippen molar-refractivity contribution in [2.75, 3.05) is 11.9 Å². The second kappa shape index (κ2) is 9.64. The van der Waals surface area contributed by atoms with Gasteiger partial charge < -0.3 is 15.4 Å². The number of rotatable bonds is 8. The Labute approximate surface area is 200 Å². The summed E-state index contributed by atoms with van der Waals surface area (Å²) in [6, 6.07) is 21.0. The number of non-ortho nitro benzene ring substituents is 1. The maximum absolute atomic E-state index is 13.0. The van der Waals surface area contributed by atoms with Crippen LogP contribution in [0.15, 0.2) is 78.9 Å². The van der Waals surface area contributed by atoms with Crippen LogP contribution in [0.1, 0.15) is 18.1 Å². The summed E-state index contributed by atoms with van der Waals surface area (Å²) >= 11 is 0. The number of hydrogen-bond donors (Lipinski definition) is 2. The number of nitrogens with one attached hydrogen (secondary N) is 2. The smallest absolute Gasteiger partial charge is 0.325 e. The molecule has 2 N–H and O–H groups in total. The van der Waals surface area contributed by atoms with E-state index in [-0.39, 0.29) is 5.69 Å². The second-order valence-electron chi connectivity index (χ2n) is 8.10. The Bertz CT molecular complexity index is 1260. The van der Waals surface area contributed by atoms with Crippen molar-refractivity contribution in [2.45, 2.75) is 19.1 Å². The molecule has 1 aliphatic heterocycles. The number of nitro groups is 1. The van der Waals surface area contributed by atoms with Crippen LogP contribution in [-0.2, 0) is 21.7 Å². The van der Waals surface area contributed by atoms with Crippen LogP contribution in [0, 0.1) is 10.1 Å². The molecule has 4 amide bonds. The number of carbonyl (C=O) groups is 3. The third kappa shape index (κ3) is 5.11. The van der Waals surface area contributed by atoms with Gasteiger partial charge in [-0.05, 0) is 54.4 Å². The van der Waals surface area contributed by atoms with Crippen molar-refractivity contribution < 1.29 is 24.0 Å². The maximum atomic E-state index is 13.0. The van der Waals surface area contributed by atoms with Crippen molar-refractivity contribution >= 4 is 29.2 Å². The minimum Gasteiger partial charge on any atom is -0.489 e. The number of ether oxygens (including phenoxy) is 1. The van der Waals surface area contributed by atoms with Crippen LogP contribution in [0.3, 0.4) is 0 Å². The minimum absolute atomic E-state index is 0.137. The lowest BCUT2D eigenvalue weighted by Crippen LogP contribution is -2.42. The highest BCUT2D eigenvalue weighted by Gasteiger charge is 2.49. The fourth-order valence-corrected chi connectivity index (χ4v) is 3.67. The Hall–Kier alpha value is -4.73. The van der Waals surface area contributed by atoms with Gasteiger partial charge in [0.2, 0.25) is 5.91 Å². The number of nitrogens with zero attached hydrogens (tertiary/aromatic N) is 2. The fourth-order valence-electron chi connectivity index (χ4n) is 3.67. The summed E-state index contributed by atoms with van der Waals surface area (Å²) in [5, 5.41) is 16.1. The largest absolute Gasteiger partial charge is 0.489 e. The summed E-state index contributed by atoms with van der Waals surface area (Å²) < 4.78 is 5.72. The summed E-state index contributed by atoms with van der Waals surface area (Å²) in [7, 11) is 0. The van der Waals surface area contributed by atoms with E-state index < -0.39 is 34.9 Å². The molecule has 0 saturated carbocycles. The third-order valence-corrected chi connectivity index (χ3v) is 5.62. The monoisotopic (exact) mass is 474 g/mol.